The monoisotopic (exact) mass is 239 g/mol. The van der Waals surface area contributed by atoms with Crippen LogP contribution in [0.1, 0.15) is 72.1 Å². The van der Waals surface area contributed by atoms with E-state index in [9.17, 15) is 5.11 Å². The van der Waals surface area contributed by atoms with Crippen molar-refractivity contribution < 1.29 is 5.11 Å². The van der Waals surface area contributed by atoms with E-state index in [4.69, 9.17) is 5.73 Å². The van der Waals surface area contributed by atoms with Crippen molar-refractivity contribution in [3.63, 3.8) is 0 Å². The lowest BCUT2D eigenvalue weighted by Gasteiger charge is -2.54. The van der Waals surface area contributed by atoms with Gasteiger partial charge in [-0.1, -0.05) is 33.6 Å². The summed E-state index contributed by atoms with van der Waals surface area (Å²) >= 11 is 0. The topological polar surface area (TPSA) is 46.2 Å². The summed E-state index contributed by atoms with van der Waals surface area (Å²) in [4.78, 5) is 0. The average Bonchev–Trinajstić information content (AvgIpc) is 2.14. The molecule has 0 aromatic rings. The number of nitrogens with two attached hydrogens (primary N) is 1. The smallest absolute Gasteiger partial charge is 0.0831 e. The van der Waals surface area contributed by atoms with Gasteiger partial charge in [-0.05, 0) is 49.9 Å². The third-order valence-electron chi connectivity index (χ3n) is 5.17. The van der Waals surface area contributed by atoms with Gasteiger partial charge in [-0.2, -0.15) is 0 Å². The third kappa shape index (κ3) is 2.53. The van der Waals surface area contributed by atoms with Gasteiger partial charge in [-0.25, -0.2) is 0 Å². The normalized spacial score (nSPS) is 46.8. The molecule has 2 aliphatic carbocycles. The van der Waals surface area contributed by atoms with Crippen molar-refractivity contribution in [2.45, 2.75) is 83.3 Å². The lowest BCUT2D eigenvalue weighted by atomic mass is 9.58. The van der Waals surface area contributed by atoms with Crippen LogP contribution in [0.3, 0.4) is 0 Å². The van der Waals surface area contributed by atoms with E-state index in [0.29, 0.717) is 5.92 Å². The van der Waals surface area contributed by atoms with Crippen LogP contribution < -0.4 is 5.73 Å². The molecule has 0 amide bonds. The number of aliphatic hydroxyl groups is 1. The second-order valence-corrected chi connectivity index (χ2v) is 7.58. The summed E-state index contributed by atoms with van der Waals surface area (Å²) in [6, 6.07) is 0. The van der Waals surface area contributed by atoms with E-state index in [2.05, 4.69) is 20.8 Å². The quantitative estimate of drug-likeness (QED) is 0.738. The van der Waals surface area contributed by atoms with Gasteiger partial charge in [0.25, 0.3) is 0 Å². The van der Waals surface area contributed by atoms with Gasteiger partial charge in [0.15, 0.2) is 0 Å². The van der Waals surface area contributed by atoms with Crippen molar-refractivity contribution in [2.24, 2.45) is 17.1 Å². The van der Waals surface area contributed by atoms with Gasteiger partial charge in [-0.3, -0.25) is 0 Å². The Morgan fingerprint density at radius 2 is 1.82 bits per heavy atom. The molecule has 3 unspecified atom stereocenters. The molecule has 0 radical (unpaired) electrons. The average molecular weight is 239 g/mol. The van der Waals surface area contributed by atoms with Crippen LogP contribution in [0.4, 0.5) is 0 Å². The number of hydrogen-bond acceptors (Lipinski definition) is 2. The van der Waals surface area contributed by atoms with Crippen LogP contribution in [-0.4, -0.2) is 16.2 Å². The number of rotatable bonds is 1. The molecule has 2 fully saturated rings. The van der Waals surface area contributed by atoms with Crippen LogP contribution in [0, 0.1) is 11.3 Å². The summed E-state index contributed by atoms with van der Waals surface area (Å²) in [5, 5.41) is 11.1. The molecule has 17 heavy (non-hydrogen) atoms. The summed E-state index contributed by atoms with van der Waals surface area (Å²) < 4.78 is 0. The minimum Gasteiger partial charge on any atom is -0.388 e. The van der Waals surface area contributed by atoms with Crippen molar-refractivity contribution in [1.29, 1.82) is 0 Å². The highest BCUT2D eigenvalue weighted by Crippen LogP contribution is 2.49. The third-order valence-corrected chi connectivity index (χ3v) is 5.17. The molecule has 2 nitrogen and oxygen atoms in total. The molecule has 0 bridgehead atoms. The van der Waals surface area contributed by atoms with Gasteiger partial charge in [0.2, 0.25) is 0 Å². The maximum atomic E-state index is 11.1. The summed E-state index contributed by atoms with van der Waals surface area (Å²) in [5.41, 5.74) is 5.93. The van der Waals surface area contributed by atoms with E-state index in [0.717, 1.165) is 32.1 Å². The van der Waals surface area contributed by atoms with E-state index < -0.39 is 5.60 Å². The fraction of sp³-hybridized carbons (Fsp3) is 1.00. The molecule has 100 valence electrons. The molecule has 2 rings (SSSR count). The van der Waals surface area contributed by atoms with Gasteiger partial charge in [0.1, 0.15) is 0 Å². The van der Waals surface area contributed by atoms with Crippen molar-refractivity contribution in [2.75, 3.05) is 0 Å². The Kier molecular flexibility index (Phi) is 3.33. The lowest BCUT2D eigenvalue weighted by molar-refractivity contribution is -0.111. The Hall–Kier alpha value is -0.0800. The summed E-state index contributed by atoms with van der Waals surface area (Å²) in [7, 11) is 0. The largest absolute Gasteiger partial charge is 0.388 e. The second-order valence-electron chi connectivity index (χ2n) is 7.58. The molecule has 2 aliphatic rings. The molecule has 3 atom stereocenters. The molecule has 2 saturated carbocycles. The zero-order valence-electron chi connectivity index (χ0n) is 11.8. The van der Waals surface area contributed by atoms with E-state index in [1.807, 2.05) is 0 Å². The minimum atomic E-state index is -0.622. The van der Waals surface area contributed by atoms with Crippen LogP contribution in [0.15, 0.2) is 0 Å². The van der Waals surface area contributed by atoms with E-state index >= 15 is 0 Å². The van der Waals surface area contributed by atoms with Gasteiger partial charge in [-0.15, -0.1) is 0 Å². The molecular weight excluding hydrogens is 210 g/mol. The molecule has 0 aliphatic heterocycles. The first-order chi connectivity index (χ1) is 7.77. The molecule has 0 aromatic carbocycles. The molecule has 0 heterocycles. The van der Waals surface area contributed by atoms with Gasteiger partial charge in [0.05, 0.1) is 5.60 Å². The lowest BCUT2D eigenvalue weighted by Crippen LogP contribution is -2.64. The Morgan fingerprint density at radius 3 is 2.41 bits per heavy atom. The van der Waals surface area contributed by atoms with E-state index in [1.165, 1.54) is 19.3 Å². The summed E-state index contributed by atoms with van der Waals surface area (Å²) in [5.74, 6) is 0.669. The molecule has 3 N–H and O–H groups in total. The fourth-order valence-corrected chi connectivity index (χ4v) is 4.27. The highest BCUT2D eigenvalue weighted by molar-refractivity contribution is 5.09. The fourth-order valence-electron chi connectivity index (χ4n) is 4.27. The van der Waals surface area contributed by atoms with Crippen LogP contribution in [0.25, 0.3) is 0 Å². The van der Waals surface area contributed by atoms with Crippen molar-refractivity contribution >= 4 is 0 Å². The molecule has 0 spiro atoms. The van der Waals surface area contributed by atoms with Crippen molar-refractivity contribution in [1.82, 2.24) is 0 Å². The maximum absolute atomic E-state index is 11.1. The molecule has 0 aromatic heterocycles. The van der Waals surface area contributed by atoms with Crippen LogP contribution >= 0.6 is 0 Å². The zero-order valence-corrected chi connectivity index (χ0v) is 11.8. The predicted octanol–water partition coefficient (Wildman–Crippen LogP) is 3.23. The van der Waals surface area contributed by atoms with Crippen molar-refractivity contribution in [3.8, 4) is 0 Å². The summed E-state index contributed by atoms with van der Waals surface area (Å²) in [6.45, 7) is 6.82. The Morgan fingerprint density at radius 1 is 1.12 bits per heavy atom. The standard InChI is InChI=1S/C15H29NO/c1-12-6-4-8-14(16,10-12)15(17)9-5-7-13(2,3)11-15/h12,17H,4-11,16H2,1-3H3. The van der Waals surface area contributed by atoms with Crippen LogP contribution in [-0.2, 0) is 0 Å². The van der Waals surface area contributed by atoms with Gasteiger partial charge < -0.3 is 10.8 Å². The van der Waals surface area contributed by atoms with Crippen molar-refractivity contribution in [3.05, 3.63) is 0 Å². The molecule has 0 saturated heterocycles. The maximum Gasteiger partial charge on any atom is 0.0831 e. The zero-order chi connectivity index (χ0) is 12.7. The molecular formula is C15H29NO. The minimum absolute atomic E-state index is 0.250. The van der Waals surface area contributed by atoms with E-state index in [1.54, 1.807) is 0 Å². The van der Waals surface area contributed by atoms with Gasteiger partial charge >= 0.3 is 0 Å². The SMILES string of the molecule is CC1CCCC(N)(C2(O)CCCC(C)(C)C2)C1. The first kappa shape index (κ1) is 13.4. The summed E-state index contributed by atoms with van der Waals surface area (Å²) in [6.07, 6.45) is 8.59. The second kappa shape index (κ2) is 4.24. The Labute approximate surface area is 106 Å². The first-order valence-corrected chi connectivity index (χ1v) is 7.28. The van der Waals surface area contributed by atoms with E-state index in [-0.39, 0.29) is 11.0 Å². The highest BCUT2D eigenvalue weighted by atomic mass is 16.3. The Bertz CT molecular complexity index is 289. The Balaban J connectivity index is 2.18. The van der Waals surface area contributed by atoms with Gasteiger partial charge in [0, 0.05) is 5.54 Å². The van der Waals surface area contributed by atoms with Crippen LogP contribution in [0.5, 0.6) is 0 Å². The van der Waals surface area contributed by atoms with Crippen LogP contribution in [0.2, 0.25) is 0 Å². The number of hydrogen-bond donors (Lipinski definition) is 2. The highest BCUT2D eigenvalue weighted by Gasteiger charge is 2.52. The first-order valence-electron chi connectivity index (χ1n) is 7.28. The predicted molar refractivity (Wildman–Crippen MR) is 71.7 cm³/mol. The molecule has 2 heteroatoms.